The molecule has 3 rings (SSSR count). The van der Waals surface area contributed by atoms with Crippen molar-refractivity contribution in [3.05, 3.63) is 87.9 Å². The second-order valence-corrected chi connectivity index (χ2v) is 7.18. The van der Waals surface area contributed by atoms with Crippen LogP contribution in [-0.2, 0) is 4.79 Å². The van der Waals surface area contributed by atoms with Gasteiger partial charge >= 0.3 is 0 Å². The second-order valence-electron chi connectivity index (χ2n) is 6.20. The summed E-state index contributed by atoms with van der Waals surface area (Å²) in [7, 11) is 0. The highest BCUT2D eigenvalue weighted by molar-refractivity contribution is 7.10. The maximum Gasteiger partial charge on any atom is 0.241 e. The zero-order valence-electron chi connectivity index (χ0n) is 14.7. The predicted octanol–water partition coefficient (Wildman–Crippen LogP) is 4.90. The molecule has 0 aliphatic carbocycles. The molecule has 134 valence electrons. The number of amides is 1. The van der Waals surface area contributed by atoms with Gasteiger partial charge in [0.1, 0.15) is 5.82 Å². The monoisotopic (exact) mass is 368 g/mol. The molecule has 1 aromatic heterocycles. The topological polar surface area (TPSA) is 41.1 Å². The Labute approximate surface area is 156 Å². The zero-order valence-corrected chi connectivity index (χ0v) is 15.5. The number of carbonyl (C=O) groups excluding carboxylic acids is 1. The molecular weight excluding hydrogens is 347 g/mol. The Kier molecular flexibility index (Phi) is 5.81. The molecule has 3 aromatic rings. The van der Waals surface area contributed by atoms with E-state index in [4.69, 9.17) is 0 Å². The van der Waals surface area contributed by atoms with Gasteiger partial charge in [0.05, 0.1) is 12.1 Å². The molecule has 0 radical (unpaired) electrons. The van der Waals surface area contributed by atoms with Crippen molar-refractivity contribution in [3.8, 4) is 0 Å². The maximum atomic E-state index is 13.7. The maximum absolute atomic E-state index is 13.7. The van der Waals surface area contributed by atoms with Gasteiger partial charge in [-0.25, -0.2) is 4.39 Å². The summed E-state index contributed by atoms with van der Waals surface area (Å²) in [5, 5.41) is 8.18. The van der Waals surface area contributed by atoms with Gasteiger partial charge in [-0.15, -0.1) is 11.3 Å². The number of thiophene rings is 1. The number of aryl methyl sites for hydroxylation is 1. The molecule has 0 saturated carbocycles. The van der Waals surface area contributed by atoms with Gasteiger partial charge in [-0.1, -0.05) is 42.5 Å². The Bertz CT molecular complexity index is 865. The number of anilines is 1. The van der Waals surface area contributed by atoms with Crippen molar-refractivity contribution < 1.29 is 9.18 Å². The summed E-state index contributed by atoms with van der Waals surface area (Å²) >= 11 is 1.64. The molecule has 26 heavy (non-hydrogen) atoms. The van der Waals surface area contributed by atoms with Crippen LogP contribution in [0.3, 0.4) is 0 Å². The van der Waals surface area contributed by atoms with Gasteiger partial charge in [0.2, 0.25) is 5.91 Å². The molecule has 0 unspecified atom stereocenters. The SMILES string of the molecule is Cc1ccc(NC(=O)[C@H](C)N[C@H](c2ccccc2)c2cccs2)cc1F. The van der Waals surface area contributed by atoms with Crippen LogP contribution in [0.2, 0.25) is 0 Å². The van der Waals surface area contributed by atoms with Crippen LogP contribution in [0.5, 0.6) is 0 Å². The van der Waals surface area contributed by atoms with Gasteiger partial charge in [0.15, 0.2) is 0 Å². The zero-order chi connectivity index (χ0) is 18.5. The molecule has 0 aliphatic rings. The Morgan fingerprint density at radius 3 is 2.50 bits per heavy atom. The summed E-state index contributed by atoms with van der Waals surface area (Å²) in [6.07, 6.45) is 0. The van der Waals surface area contributed by atoms with Crippen LogP contribution in [0.25, 0.3) is 0 Å². The summed E-state index contributed by atoms with van der Waals surface area (Å²) in [6, 6.07) is 18.2. The van der Waals surface area contributed by atoms with Gasteiger partial charge in [0.25, 0.3) is 0 Å². The molecule has 2 N–H and O–H groups in total. The van der Waals surface area contributed by atoms with Crippen molar-refractivity contribution in [1.29, 1.82) is 0 Å². The quantitative estimate of drug-likeness (QED) is 0.650. The number of hydrogen-bond donors (Lipinski definition) is 2. The van der Waals surface area contributed by atoms with E-state index in [9.17, 15) is 9.18 Å². The van der Waals surface area contributed by atoms with E-state index in [-0.39, 0.29) is 17.8 Å². The third-order valence-electron chi connectivity index (χ3n) is 4.21. The van der Waals surface area contributed by atoms with Gasteiger partial charge < -0.3 is 5.32 Å². The summed E-state index contributed by atoms with van der Waals surface area (Å²) in [6.45, 7) is 3.50. The molecule has 0 spiro atoms. The van der Waals surface area contributed by atoms with Crippen molar-refractivity contribution in [2.45, 2.75) is 25.9 Å². The van der Waals surface area contributed by atoms with E-state index in [2.05, 4.69) is 16.7 Å². The molecule has 5 heteroatoms. The van der Waals surface area contributed by atoms with E-state index in [0.717, 1.165) is 10.4 Å². The van der Waals surface area contributed by atoms with E-state index in [1.54, 1.807) is 30.4 Å². The van der Waals surface area contributed by atoms with Crippen LogP contribution in [0.15, 0.2) is 66.0 Å². The highest BCUT2D eigenvalue weighted by atomic mass is 32.1. The molecule has 2 atom stereocenters. The molecule has 1 amide bonds. The number of hydrogen-bond acceptors (Lipinski definition) is 3. The molecule has 0 aliphatic heterocycles. The van der Waals surface area contributed by atoms with Gasteiger partial charge in [-0.3, -0.25) is 10.1 Å². The van der Waals surface area contributed by atoms with Crippen molar-refractivity contribution >= 4 is 22.9 Å². The molecule has 0 bridgehead atoms. The van der Waals surface area contributed by atoms with Crippen LogP contribution in [0.1, 0.15) is 29.0 Å². The minimum atomic E-state index is -0.452. The molecule has 0 saturated heterocycles. The standard InChI is InChI=1S/C21H21FN2OS/c1-14-10-11-17(13-18(14)22)24-21(25)15(2)23-20(19-9-6-12-26-19)16-7-4-3-5-8-16/h3-13,15,20,23H,1-2H3,(H,24,25)/t15-,20+/m0/s1. The van der Waals surface area contributed by atoms with Crippen LogP contribution in [0, 0.1) is 12.7 Å². The van der Waals surface area contributed by atoms with E-state index in [1.807, 2.05) is 48.7 Å². The Morgan fingerprint density at radius 2 is 1.85 bits per heavy atom. The van der Waals surface area contributed by atoms with Gasteiger partial charge in [-0.2, -0.15) is 0 Å². The minimum absolute atomic E-state index is 0.0771. The molecule has 0 fully saturated rings. The number of rotatable bonds is 6. The number of nitrogens with one attached hydrogen (secondary N) is 2. The number of carbonyl (C=O) groups is 1. The lowest BCUT2D eigenvalue weighted by Crippen LogP contribution is -2.40. The van der Waals surface area contributed by atoms with Crippen LogP contribution >= 0.6 is 11.3 Å². The second kappa shape index (κ2) is 8.25. The lowest BCUT2D eigenvalue weighted by Gasteiger charge is -2.22. The number of halogens is 1. The molecule has 1 heterocycles. The van der Waals surface area contributed by atoms with Crippen LogP contribution in [0.4, 0.5) is 10.1 Å². The largest absolute Gasteiger partial charge is 0.325 e. The third-order valence-corrected chi connectivity index (χ3v) is 5.15. The first-order valence-electron chi connectivity index (χ1n) is 8.46. The van der Waals surface area contributed by atoms with Crippen molar-refractivity contribution in [2.75, 3.05) is 5.32 Å². The molecule has 2 aromatic carbocycles. The first kappa shape index (κ1) is 18.3. The Hall–Kier alpha value is -2.50. The normalized spacial score (nSPS) is 13.2. The first-order valence-corrected chi connectivity index (χ1v) is 9.34. The smallest absolute Gasteiger partial charge is 0.241 e. The fourth-order valence-corrected chi connectivity index (χ4v) is 3.50. The van der Waals surface area contributed by atoms with Gasteiger partial charge in [0, 0.05) is 10.6 Å². The highest BCUT2D eigenvalue weighted by Gasteiger charge is 2.21. The summed E-state index contributed by atoms with van der Waals surface area (Å²) in [5.74, 6) is -0.532. The highest BCUT2D eigenvalue weighted by Crippen LogP contribution is 2.26. The predicted molar refractivity (Wildman–Crippen MR) is 105 cm³/mol. The van der Waals surface area contributed by atoms with E-state index in [1.165, 1.54) is 6.07 Å². The fraction of sp³-hybridized carbons (Fsp3) is 0.190. The average molecular weight is 368 g/mol. The van der Waals surface area contributed by atoms with E-state index in [0.29, 0.717) is 11.3 Å². The van der Waals surface area contributed by atoms with Crippen molar-refractivity contribution in [2.24, 2.45) is 0 Å². The van der Waals surface area contributed by atoms with Crippen molar-refractivity contribution in [3.63, 3.8) is 0 Å². The van der Waals surface area contributed by atoms with Crippen molar-refractivity contribution in [1.82, 2.24) is 5.32 Å². The lowest BCUT2D eigenvalue weighted by atomic mass is 10.0. The number of benzene rings is 2. The molecule has 3 nitrogen and oxygen atoms in total. The van der Waals surface area contributed by atoms with Crippen LogP contribution < -0.4 is 10.6 Å². The first-order chi connectivity index (χ1) is 12.5. The van der Waals surface area contributed by atoms with Gasteiger partial charge in [-0.05, 0) is 48.6 Å². The summed E-state index contributed by atoms with van der Waals surface area (Å²) < 4.78 is 13.7. The molecular formula is C21H21FN2OS. The average Bonchev–Trinajstić information content (AvgIpc) is 3.17. The van der Waals surface area contributed by atoms with Crippen LogP contribution in [-0.4, -0.2) is 11.9 Å². The third kappa shape index (κ3) is 4.36. The minimum Gasteiger partial charge on any atom is -0.325 e. The Balaban J connectivity index is 1.74. The van der Waals surface area contributed by atoms with E-state index < -0.39 is 6.04 Å². The fourth-order valence-electron chi connectivity index (χ4n) is 2.69. The Morgan fingerprint density at radius 1 is 1.08 bits per heavy atom. The summed E-state index contributed by atoms with van der Waals surface area (Å²) in [4.78, 5) is 13.7. The van der Waals surface area contributed by atoms with E-state index >= 15 is 0 Å². The lowest BCUT2D eigenvalue weighted by molar-refractivity contribution is -0.117. The summed E-state index contributed by atoms with van der Waals surface area (Å²) in [5.41, 5.74) is 2.10.